The Morgan fingerprint density at radius 1 is 0.774 bits per heavy atom. The van der Waals surface area contributed by atoms with Gasteiger partial charge >= 0.3 is 0 Å². The van der Waals surface area contributed by atoms with Crippen LogP contribution in [0, 0.1) is 0 Å². The highest BCUT2D eigenvalue weighted by molar-refractivity contribution is 7.92. The molecule has 0 unspecified atom stereocenters. The number of amides is 1. The Morgan fingerprint density at radius 2 is 1.48 bits per heavy atom. The normalized spacial score (nSPS) is 10.8. The third-order valence-electron chi connectivity index (χ3n) is 4.41. The van der Waals surface area contributed by atoms with Gasteiger partial charge in [-0.25, -0.2) is 8.42 Å². The average Bonchev–Trinajstić information content (AvgIpc) is 2.79. The topological polar surface area (TPSA) is 103 Å². The first kappa shape index (κ1) is 22.0. The molecule has 0 aliphatic heterocycles. The first-order valence-corrected chi connectivity index (χ1v) is 10.7. The molecule has 0 bridgehead atoms. The lowest BCUT2D eigenvalue weighted by molar-refractivity contribution is 0.102. The molecule has 0 heterocycles. The van der Waals surface area contributed by atoms with Gasteiger partial charge in [0.05, 0.1) is 37.6 Å². The summed E-state index contributed by atoms with van der Waals surface area (Å²) in [7, 11) is 0.421. The number of benzene rings is 3. The molecule has 0 aliphatic carbocycles. The van der Waals surface area contributed by atoms with Gasteiger partial charge in [-0.1, -0.05) is 18.2 Å². The molecule has 0 aliphatic rings. The zero-order valence-corrected chi connectivity index (χ0v) is 18.0. The van der Waals surface area contributed by atoms with Gasteiger partial charge in [-0.05, 0) is 48.5 Å². The van der Waals surface area contributed by atoms with Crippen molar-refractivity contribution in [1.29, 1.82) is 0 Å². The number of carbonyl (C=O) groups is 1. The van der Waals surface area contributed by atoms with Crippen molar-refractivity contribution in [2.24, 2.45) is 0 Å². The van der Waals surface area contributed by atoms with Gasteiger partial charge in [0.2, 0.25) is 0 Å². The van der Waals surface area contributed by atoms with Crippen molar-refractivity contribution in [2.75, 3.05) is 31.4 Å². The van der Waals surface area contributed by atoms with Crippen LogP contribution in [0.25, 0.3) is 0 Å². The van der Waals surface area contributed by atoms with E-state index in [9.17, 15) is 13.2 Å². The lowest BCUT2D eigenvalue weighted by Gasteiger charge is -2.15. The van der Waals surface area contributed by atoms with E-state index >= 15 is 0 Å². The highest BCUT2D eigenvalue weighted by atomic mass is 32.2. The van der Waals surface area contributed by atoms with Gasteiger partial charge in [-0.3, -0.25) is 9.52 Å². The fourth-order valence-corrected chi connectivity index (χ4v) is 3.94. The Balaban J connectivity index is 1.91. The van der Waals surface area contributed by atoms with Gasteiger partial charge in [0.15, 0.2) is 0 Å². The molecule has 3 rings (SSSR count). The number of nitrogens with one attached hydrogen (secondary N) is 2. The van der Waals surface area contributed by atoms with Gasteiger partial charge in [-0.15, -0.1) is 0 Å². The van der Waals surface area contributed by atoms with Gasteiger partial charge in [0, 0.05) is 5.56 Å². The summed E-state index contributed by atoms with van der Waals surface area (Å²) in [6.45, 7) is 0. The number of hydrogen-bond donors (Lipinski definition) is 2. The minimum absolute atomic E-state index is 0.0554. The van der Waals surface area contributed by atoms with Crippen molar-refractivity contribution in [3.05, 3.63) is 72.3 Å². The molecule has 0 atom stereocenters. The van der Waals surface area contributed by atoms with E-state index in [-0.39, 0.29) is 10.6 Å². The highest BCUT2D eigenvalue weighted by Crippen LogP contribution is 2.31. The largest absolute Gasteiger partial charge is 0.497 e. The van der Waals surface area contributed by atoms with E-state index in [1.807, 2.05) is 0 Å². The number of ether oxygens (including phenoxy) is 3. The maximum atomic E-state index is 12.9. The van der Waals surface area contributed by atoms with Crippen LogP contribution < -0.4 is 24.2 Å². The Labute approximate surface area is 180 Å². The molecule has 1 amide bonds. The molecule has 0 saturated carbocycles. The van der Waals surface area contributed by atoms with Crippen molar-refractivity contribution < 1.29 is 27.4 Å². The fraction of sp³-hybridized carbons (Fsp3) is 0.136. The molecule has 3 aromatic carbocycles. The number of sulfonamides is 1. The van der Waals surface area contributed by atoms with Gasteiger partial charge < -0.3 is 19.5 Å². The lowest BCUT2D eigenvalue weighted by atomic mass is 10.2. The molecule has 0 radical (unpaired) electrons. The van der Waals surface area contributed by atoms with Crippen LogP contribution in [0.2, 0.25) is 0 Å². The maximum absolute atomic E-state index is 12.9. The summed E-state index contributed by atoms with van der Waals surface area (Å²) < 4.78 is 43.9. The maximum Gasteiger partial charge on any atom is 0.262 e. The van der Waals surface area contributed by atoms with Crippen LogP contribution in [0.1, 0.15) is 10.4 Å². The highest BCUT2D eigenvalue weighted by Gasteiger charge is 2.20. The van der Waals surface area contributed by atoms with Gasteiger partial charge in [0.1, 0.15) is 17.2 Å². The fourth-order valence-electron chi connectivity index (χ4n) is 2.84. The van der Waals surface area contributed by atoms with Crippen LogP contribution in [0.15, 0.2) is 71.6 Å². The van der Waals surface area contributed by atoms with E-state index in [0.29, 0.717) is 28.5 Å². The second-order valence-electron chi connectivity index (χ2n) is 6.35. The lowest BCUT2D eigenvalue weighted by Crippen LogP contribution is -2.16. The Hall–Kier alpha value is -3.72. The smallest absolute Gasteiger partial charge is 0.262 e. The zero-order valence-electron chi connectivity index (χ0n) is 17.2. The molecule has 3 aromatic rings. The van der Waals surface area contributed by atoms with Crippen LogP contribution in [0.4, 0.5) is 11.4 Å². The second kappa shape index (κ2) is 9.40. The molecular formula is C22H22N2O6S. The molecule has 31 heavy (non-hydrogen) atoms. The van der Waals surface area contributed by atoms with E-state index in [0.717, 1.165) is 0 Å². The van der Waals surface area contributed by atoms with Crippen LogP contribution in [-0.2, 0) is 10.0 Å². The third-order valence-corrected chi connectivity index (χ3v) is 5.78. The van der Waals surface area contributed by atoms with Gasteiger partial charge in [0.25, 0.3) is 15.9 Å². The number of carbonyl (C=O) groups excluding carboxylic acids is 1. The molecule has 0 aromatic heterocycles. The predicted molar refractivity (Wildman–Crippen MR) is 118 cm³/mol. The Bertz CT molecular complexity index is 1190. The molecular weight excluding hydrogens is 420 g/mol. The van der Waals surface area contributed by atoms with Crippen molar-refractivity contribution in [2.45, 2.75) is 4.90 Å². The molecule has 0 spiro atoms. The van der Waals surface area contributed by atoms with E-state index in [4.69, 9.17) is 14.2 Å². The number of rotatable bonds is 8. The quantitative estimate of drug-likeness (QED) is 0.551. The van der Waals surface area contributed by atoms with Crippen LogP contribution in [-0.4, -0.2) is 35.7 Å². The second-order valence-corrected chi connectivity index (χ2v) is 8.04. The zero-order chi connectivity index (χ0) is 22.4. The van der Waals surface area contributed by atoms with Crippen molar-refractivity contribution in [3.8, 4) is 17.2 Å². The van der Waals surface area contributed by atoms with Crippen molar-refractivity contribution in [1.82, 2.24) is 0 Å². The minimum atomic E-state index is -3.96. The molecule has 162 valence electrons. The van der Waals surface area contributed by atoms with Crippen LogP contribution in [0.3, 0.4) is 0 Å². The summed E-state index contributed by atoms with van der Waals surface area (Å²) in [6.07, 6.45) is 0. The number of hydrogen-bond acceptors (Lipinski definition) is 6. The Morgan fingerprint density at radius 3 is 2.19 bits per heavy atom. The van der Waals surface area contributed by atoms with E-state index < -0.39 is 15.9 Å². The third kappa shape index (κ3) is 5.07. The van der Waals surface area contributed by atoms with Gasteiger partial charge in [-0.2, -0.15) is 0 Å². The van der Waals surface area contributed by atoms with Crippen molar-refractivity contribution >= 4 is 27.3 Å². The SMILES string of the molecule is COc1cccc(C(=O)Nc2cc(S(=O)(=O)Nc3ccccc3OC)ccc2OC)c1. The minimum Gasteiger partial charge on any atom is -0.497 e. The van der Waals surface area contributed by atoms with Crippen molar-refractivity contribution in [3.63, 3.8) is 0 Å². The van der Waals surface area contributed by atoms with E-state index in [1.54, 1.807) is 48.5 Å². The standard InChI is InChI=1S/C22H22N2O6S/c1-28-16-8-6-7-15(13-16)22(25)23-19-14-17(11-12-21(19)30-3)31(26,27)24-18-9-4-5-10-20(18)29-2/h4-14,24H,1-3H3,(H,23,25). The van der Waals surface area contributed by atoms with Crippen LogP contribution in [0.5, 0.6) is 17.2 Å². The molecule has 8 nitrogen and oxygen atoms in total. The van der Waals surface area contributed by atoms with E-state index in [1.165, 1.54) is 39.5 Å². The summed E-state index contributed by atoms with van der Waals surface area (Å²) in [5.41, 5.74) is 0.850. The summed E-state index contributed by atoms with van der Waals surface area (Å²) in [4.78, 5) is 12.6. The molecule has 0 saturated heterocycles. The summed E-state index contributed by atoms with van der Waals surface area (Å²) in [5.74, 6) is 0.778. The summed E-state index contributed by atoms with van der Waals surface area (Å²) >= 11 is 0. The summed E-state index contributed by atoms with van der Waals surface area (Å²) in [6, 6.07) is 17.4. The molecule has 0 fully saturated rings. The molecule has 9 heteroatoms. The monoisotopic (exact) mass is 442 g/mol. The predicted octanol–water partition coefficient (Wildman–Crippen LogP) is 3.77. The number of methoxy groups -OCH3 is 3. The van der Waals surface area contributed by atoms with Crippen LogP contribution >= 0.6 is 0 Å². The number of para-hydroxylation sites is 2. The average molecular weight is 442 g/mol. The molecule has 2 N–H and O–H groups in total. The summed E-state index contributed by atoms with van der Waals surface area (Å²) in [5, 5.41) is 2.69. The van der Waals surface area contributed by atoms with E-state index in [2.05, 4.69) is 10.0 Å². The first-order chi connectivity index (χ1) is 14.9. The Kier molecular flexibility index (Phi) is 6.66. The number of anilines is 2. The first-order valence-electron chi connectivity index (χ1n) is 9.17.